The van der Waals surface area contributed by atoms with Crippen LogP contribution >= 0.6 is 0 Å². The van der Waals surface area contributed by atoms with E-state index in [0.29, 0.717) is 30.3 Å². The Labute approximate surface area is 114 Å². The van der Waals surface area contributed by atoms with Gasteiger partial charge < -0.3 is 15.0 Å². The van der Waals surface area contributed by atoms with Gasteiger partial charge in [0.15, 0.2) is 5.69 Å². The fraction of sp³-hybridized carbons (Fsp3) is 0.714. The predicted octanol–water partition coefficient (Wildman–Crippen LogP) is 2.64. The molecule has 1 fully saturated rings. The van der Waals surface area contributed by atoms with E-state index in [2.05, 4.69) is 18.8 Å². The number of carbonyl (C=O) groups excluding carboxylic acids is 1. The number of nitrogens with zero attached hydrogens (tertiary/aromatic N) is 2. The molecule has 0 aliphatic heterocycles. The molecular formula is C14H23N3O2. The first kappa shape index (κ1) is 13.9. The number of aromatic nitrogens is 2. The number of hydrogen-bond donors (Lipinski definition) is 1. The first-order valence-electron chi connectivity index (χ1n) is 7.05. The van der Waals surface area contributed by atoms with Crippen LogP contribution < -0.4 is 5.73 Å². The fourth-order valence-corrected chi connectivity index (χ4v) is 2.94. The molecule has 1 heterocycles. The van der Waals surface area contributed by atoms with Crippen LogP contribution in [0.3, 0.4) is 0 Å². The summed E-state index contributed by atoms with van der Waals surface area (Å²) in [5, 5.41) is 0. The van der Waals surface area contributed by atoms with Gasteiger partial charge in [0, 0.05) is 6.04 Å². The Morgan fingerprint density at radius 1 is 1.53 bits per heavy atom. The van der Waals surface area contributed by atoms with Crippen molar-refractivity contribution >= 4 is 11.8 Å². The average molecular weight is 265 g/mol. The molecule has 5 nitrogen and oxygen atoms in total. The van der Waals surface area contributed by atoms with Gasteiger partial charge >= 0.3 is 5.97 Å². The molecule has 0 saturated heterocycles. The van der Waals surface area contributed by atoms with Gasteiger partial charge in [-0.25, -0.2) is 9.78 Å². The molecule has 3 unspecified atom stereocenters. The Balaban J connectivity index is 2.24. The lowest BCUT2D eigenvalue weighted by Crippen LogP contribution is -2.27. The molecule has 1 aliphatic rings. The third kappa shape index (κ3) is 2.60. The van der Waals surface area contributed by atoms with Crippen molar-refractivity contribution in [2.45, 2.75) is 46.1 Å². The molecule has 1 aromatic rings. The van der Waals surface area contributed by atoms with E-state index in [4.69, 9.17) is 10.5 Å². The van der Waals surface area contributed by atoms with Crippen molar-refractivity contribution in [1.29, 1.82) is 0 Å². The van der Waals surface area contributed by atoms with Crippen LogP contribution in [0.4, 0.5) is 5.82 Å². The number of anilines is 1. The predicted molar refractivity (Wildman–Crippen MR) is 73.8 cm³/mol. The zero-order valence-electron chi connectivity index (χ0n) is 11.9. The zero-order valence-corrected chi connectivity index (χ0v) is 11.9. The first-order valence-corrected chi connectivity index (χ1v) is 7.05. The van der Waals surface area contributed by atoms with Crippen molar-refractivity contribution in [2.75, 3.05) is 12.3 Å². The van der Waals surface area contributed by atoms with Crippen LogP contribution in [0.5, 0.6) is 0 Å². The highest BCUT2D eigenvalue weighted by atomic mass is 16.5. The van der Waals surface area contributed by atoms with Crippen molar-refractivity contribution in [1.82, 2.24) is 9.55 Å². The summed E-state index contributed by atoms with van der Waals surface area (Å²) >= 11 is 0. The Bertz CT molecular complexity index is 456. The van der Waals surface area contributed by atoms with Gasteiger partial charge in [0.05, 0.1) is 12.9 Å². The zero-order chi connectivity index (χ0) is 14.0. The van der Waals surface area contributed by atoms with E-state index in [1.807, 2.05) is 4.57 Å². The number of ether oxygens (including phenoxy) is 1. The maximum Gasteiger partial charge on any atom is 0.360 e. The highest BCUT2D eigenvalue weighted by molar-refractivity contribution is 5.92. The number of nitrogen functional groups attached to an aromatic ring is 1. The van der Waals surface area contributed by atoms with Crippen molar-refractivity contribution in [3.8, 4) is 0 Å². The number of hydrogen-bond acceptors (Lipinski definition) is 4. The summed E-state index contributed by atoms with van der Waals surface area (Å²) in [5.74, 6) is 1.21. The van der Waals surface area contributed by atoms with E-state index in [-0.39, 0.29) is 5.69 Å². The van der Waals surface area contributed by atoms with E-state index in [1.54, 1.807) is 13.3 Å². The standard InChI is InChI=1S/C14H23N3O2/c1-4-19-14(18)12-13(15)17(8-16-12)11-7-5-6-9(2)10(11)3/h8-11H,4-7,15H2,1-3H3. The van der Waals surface area contributed by atoms with Gasteiger partial charge in [0.1, 0.15) is 5.82 Å². The Kier molecular flexibility index (Phi) is 4.12. The molecule has 2 rings (SSSR count). The van der Waals surface area contributed by atoms with Gasteiger partial charge in [-0.2, -0.15) is 0 Å². The fourth-order valence-electron chi connectivity index (χ4n) is 2.94. The van der Waals surface area contributed by atoms with E-state index in [9.17, 15) is 4.79 Å². The smallest absolute Gasteiger partial charge is 0.360 e. The number of esters is 1. The minimum atomic E-state index is -0.435. The molecule has 0 aromatic carbocycles. The van der Waals surface area contributed by atoms with Crippen LogP contribution in [0.25, 0.3) is 0 Å². The molecule has 1 saturated carbocycles. The van der Waals surface area contributed by atoms with Gasteiger partial charge in [-0.15, -0.1) is 0 Å². The topological polar surface area (TPSA) is 70.1 Å². The molecule has 0 bridgehead atoms. The maximum atomic E-state index is 11.7. The third-order valence-electron chi connectivity index (χ3n) is 4.32. The number of carbonyl (C=O) groups is 1. The Morgan fingerprint density at radius 3 is 2.95 bits per heavy atom. The number of rotatable bonds is 3. The molecule has 106 valence electrons. The molecule has 2 N–H and O–H groups in total. The van der Waals surface area contributed by atoms with Crippen molar-refractivity contribution in [2.24, 2.45) is 11.8 Å². The van der Waals surface area contributed by atoms with Crippen LogP contribution in [-0.2, 0) is 4.74 Å². The summed E-state index contributed by atoms with van der Waals surface area (Å²) in [6.45, 7) is 6.63. The SMILES string of the molecule is CCOC(=O)c1ncn(C2CCCC(C)C2C)c1N. The highest BCUT2D eigenvalue weighted by Gasteiger charge is 2.30. The maximum absolute atomic E-state index is 11.7. The second kappa shape index (κ2) is 5.63. The lowest BCUT2D eigenvalue weighted by atomic mass is 9.78. The summed E-state index contributed by atoms with van der Waals surface area (Å²) in [6, 6.07) is 0.333. The molecule has 3 atom stereocenters. The minimum Gasteiger partial charge on any atom is -0.461 e. The molecule has 1 aliphatic carbocycles. The van der Waals surface area contributed by atoms with E-state index in [1.165, 1.54) is 12.8 Å². The quantitative estimate of drug-likeness (QED) is 0.853. The third-order valence-corrected chi connectivity index (χ3v) is 4.32. The van der Waals surface area contributed by atoms with Crippen LogP contribution in [-0.4, -0.2) is 22.1 Å². The van der Waals surface area contributed by atoms with Crippen molar-refractivity contribution in [3.05, 3.63) is 12.0 Å². The van der Waals surface area contributed by atoms with Crippen LogP contribution in [0.1, 0.15) is 56.6 Å². The monoisotopic (exact) mass is 265 g/mol. The normalized spacial score (nSPS) is 27.2. The Hall–Kier alpha value is -1.52. The second-order valence-corrected chi connectivity index (χ2v) is 5.44. The van der Waals surface area contributed by atoms with Crippen LogP contribution in [0.15, 0.2) is 6.33 Å². The number of imidazole rings is 1. The molecular weight excluding hydrogens is 242 g/mol. The Morgan fingerprint density at radius 2 is 2.26 bits per heavy atom. The first-order chi connectivity index (χ1) is 9.06. The minimum absolute atomic E-state index is 0.243. The molecule has 5 heteroatoms. The van der Waals surface area contributed by atoms with Crippen molar-refractivity contribution in [3.63, 3.8) is 0 Å². The number of nitrogens with two attached hydrogens (primary N) is 1. The van der Waals surface area contributed by atoms with Crippen molar-refractivity contribution < 1.29 is 9.53 Å². The van der Waals surface area contributed by atoms with Gasteiger partial charge in [0.25, 0.3) is 0 Å². The highest BCUT2D eigenvalue weighted by Crippen LogP contribution is 2.39. The molecule has 0 spiro atoms. The van der Waals surface area contributed by atoms with Gasteiger partial charge in [0.2, 0.25) is 0 Å². The summed E-state index contributed by atoms with van der Waals surface area (Å²) in [4.78, 5) is 15.9. The summed E-state index contributed by atoms with van der Waals surface area (Å²) in [5.41, 5.74) is 6.32. The summed E-state index contributed by atoms with van der Waals surface area (Å²) < 4.78 is 6.91. The van der Waals surface area contributed by atoms with E-state index < -0.39 is 5.97 Å². The van der Waals surface area contributed by atoms with Crippen LogP contribution in [0, 0.1) is 11.8 Å². The molecule has 19 heavy (non-hydrogen) atoms. The van der Waals surface area contributed by atoms with E-state index in [0.717, 1.165) is 6.42 Å². The van der Waals surface area contributed by atoms with Crippen LogP contribution in [0.2, 0.25) is 0 Å². The largest absolute Gasteiger partial charge is 0.461 e. The van der Waals surface area contributed by atoms with Gasteiger partial charge in [-0.3, -0.25) is 0 Å². The lowest BCUT2D eigenvalue weighted by molar-refractivity contribution is 0.0521. The molecule has 0 radical (unpaired) electrons. The average Bonchev–Trinajstić information content (AvgIpc) is 2.75. The summed E-state index contributed by atoms with van der Waals surface area (Å²) in [7, 11) is 0. The van der Waals surface area contributed by atoms with Gasteiger partial charge in [-0.05, 0) is 25.2 Å². The molecule has 1 aromatic heterocycles. The lowest BCUT2D eigenvalue weighted by Gasteiger charge is -2.35. The van der Waals surface area contributed by atoms with E-state index >= 15 is 0 Å². The second-order valence-electron chi connectivity index (χ2n) is 5.44. The van der Waals surface area contributed by atoms with Gasteiger partial charge in [-0.1, -0.05) is 26.7 Å². The molecule has 0 amide bonds. The summed E-state index contributed by atoms with van der Waals surface area (Å²) in [6.07, 6.45) is 5.23.